The standard InChI is InChI=1S/C15H27NO4/c1-2-20-15(17)14(16-13-3-4-13)7-10-19-11-12-5-8-18-9-6-12/h12-14,16H,2-11H2,1H3. The molecule has 1 heterocycles. The molecule has 116 valence electrons. The fraction of sp³-hybridized carbons (Fsp3) is 0.933. The molecule has 1 unspecified atom stereocenters. The van der Waals surface area contributed by atoms with Gasteiger partial charge in [0, 0.05) is 32.5 Å². The summed E-state index contributed by atoms with van der Waals surface area (Å²) in [5, 5.41) is 3.34. The van der Waals surface area contributed by atoms with Gasteiger partial charge in [0.15, 0.2) is 0 Å². The van der Waals surface area contributed by atoms with Gasteiger partial charge in [0.05, 0.1) is 6.61 Å². The smallest absolute Gasteiger partial charge is 0.323 e. The Bertz CT molecular complexity index is 288. The van der Waals surface area contributed by atoms with Crippen LogP contribution in [0.3, 0.4) is 0 Å². The summed E-state index contributed by atoms with van der Waals surface area (Å²) in [6.07, 6.45) is 5.19. The van der Waals surface area contributed by atoms with Crippen molar-refractivity contribution in [1.29, 1.82) is 0 Å². The van der Waals surface area contributed by atoms with E-state index in [-0.39, 0.29) is 12.0 Å². The molecule has 5 nitrogen and oxygen atoms in total. The van der Waals surface area contributed by atoms with E-state index in [1.807, 2.05) is 6.92 Å². The van der Waals surface area contributed by atoms with E-state index in [0.29, 0.717) is 31.6 Å². The van der Waals surface area contributed by atoms with E-state index in [9.17, 15) is 4.79 Å². The van der Waals surface area contributed by atoms with E-state index in [1.54, 1.807) is 0 Å². The Hall–Kier alpha value is -0.650. The second kappa shape index (κ2) is 8.60. The van der Waals surface area contributed by atoms with Gasteiger partial charge in [-0.15, -0.1) is 0 Å². The highest BCUT2D eigenvalue weighted by Crippen LogP contribution is 2.20. The molecule has 20 heavy (non-hydrogen) atoms. The monoisotopic (exact) mass is 285 g/mol. The number of carbonyl (C=O) groups excluding carboxylic acids is 1. The van der Waals surface area contributed by atoms with Gasteiger partial charge in [-0.2, -0.15) is 0 Å². The Balaban J connectivity index is 1.61. The van der Waals surface area contributed by atoms with E-state index in [2.05, 4.69) is 5.32 Å². The van der Waals surface area contributed by atoms with Gasteiger partial charge in [-0.05, 0) is 44.9 Å². The van der Waals surface area contributed by atoms with Gasteiger partial charge in [-0.1, -0.05) is 0 Å². The van der Waals surface area contributed by atoms with E-state index < -0.39 is 0 Å². The molecule has 0 aromatic rings. The third kappa shape index (κ3) is 5.77. The molecule has 1 aliphatic heterocycles. The highest BCUT2D eigenvalue weighted by atomic mass is 16.5. The molecule has 0 spiro atoms. The van der Waals surface area contributed by atoms with Crippen molar-refractivity contribution in [2.45, 2.75) is 51.1 Å². The number of hydrogen-bond donors (Lipinski definition) is 1. The fourth-order valence-corrected chi connectivity index (χ4v) is 2.41. The first-order chi connectivity index (χ1) is 9.79. The summed E-state index contributed by atoms with van der Waals surface area (Å²) in [5.74, 6) is 0.468. The maximum absolute atomic E-state index is 11.8. The molecule has 2 fully saturated rings. The Labute approximate surface area is 121 Å². The minimum absolute atomic E-state index is 0.144. The van der Waals surface area contributed by atoms with Crippen LogP contribution in [0.4, 0.5) is 0 Å². The molecule has 2 aliphatic rings. The van der Waals surface area contributed by atoms with Gasteiger partial charge in [0.2, 0.25) is 0 Å². The first kappa shape index (κ1) is 15.7. The molecule has 2 rings (SSSR count). The molecule has 0 aromatic carbocycles. The minimum Gasteiger partial charge on any atom is -0.465 e. The Morgan fingerprint density at radius 3 is 2.70 bits per heavy atom. The van der Waals surface area contributed by atoms with Crippen molar-refractivity contribution >= 4 is 5.97 Å². The molecular formula is C15H27NO4. The van der Waals surface area contributed by atoms with Crippen LogP contribution in [0.1, 0.15) is 39.0 Å². The zero-order chi connectivity index (χ0) is 14.2. The molecule has 5 heteroatoms. The maximum atomic E-state index is 11.8. The lowest BCUT2D eigenvalue weighted by molar-refractivity contribution is -0.146. The molecule has 1 N–H and O–H groups in total. The predicted octanol–water partition coefficient (Wildman–Crippen LogP) is 1.50. The first-order valence-corrected chi connectivity index (χ1v) is 7.87. The van der Waals surface area contributed by atoms with Gasteiger partial charge in [-0.3, -0.25) is 4.79 Å². The average molecular weight is 285 g/mol. The number of nitrogens with one attached hydrogen (secondary N) is 1. The summed E-state index contributed by atoms with van der Waals surface area (Å²) in [5.41, 5.74) is 0. The lowest BCUT2D eigenvalue weighted by atomic mass is 10.0. The zero-order valence-electron chi connectivity index (χ0n) is 12.4. The molecule has 0 amide bonds. The Morgan fingerprint density at radius 1 is 1.30 bits per heavy atom. The fourth-order valence-electron chi connectivity index (χ4n) is 2.41. The Kier molecular flexibility index (Phi) is 6.76. The SMILES string of the molecule is CCOC(=O)C(CCOCC1CCOCC1)NC1CC1. The minimum atomic E-state index is -0.211. The summed E-state index contributed by atoms with van der Waals surface area (Å²) in [6, 6.07) is 0.289. The molecule has 1 aliphatic carbocycles. The third-order valence-electron chi connectivity index (χ3n) is 3.83. The van der Waals surface area contributed by atoms with Gasteiger partial charge in [0.1, 0.15) is 6.04 Å². The average Bonchev–Trinajstić information content (AvgIpc) is 3.27. The van der Waals surface area contributed by atoms with Gasteiger partial charge in [-0.25, -0.2) is 0 Å². The molecular weight excluding hydrogens is 258 g/mol. The second-order valence-corrected chi connectivity index (χ2v) is 5.66. The highest BCUT2D eigenvalue weighted by molar-refractivity contribution is 5.75. The number of carbonyl (C=O) groups is 1. The van der Waals surface area contributed by atoms with Crippen LogP contribution in [-0.2, 0) is 19.0 Å². The first-order valence-electron chi connectivity index (χ1n) is 7.87. The largest absolute Gasteiger partial charge is 0.465 e. The summed E-state index contributed by atoms with van der Waals surface area (Å²) >= 11 is 0. The number of esters is 1. The van der Waals surface area contributed by atoms with Crippen molar-refractivity contribution in [3.8, 4) is 0 Å². The summed E-state index contributed by atoms with van der Waals surface area (Å²) in [6.45, 7) is 5.37. The number of ether oxygens (including phenoxy) is 3. The summed E-state index contributed by atoms with van der Waals surface area (Å²) in [7, 11) is 0. The lowest BCUT2D eigenvalue weighted by Crippen LogP contribution is -2.40. The van der Waals surface area contributed by atoms with E-state index in [4.69, 9.17) is 14.2 Å². The van der Waals surface area contributed by atoms with E-state index in [0.717, 1.165) is 32.7 Å². The van der Waals surface area contributed by atoms with Crippen LogP contribution >= 0.6 is 0 Å². The molecule has 0 radical (unpaired) electrons. The summed E-state index contributed by atoms with van der Waals surface area (Å²) < 4.78 is 16.2. The topological polar surface area (TPSA) is 56.8 Å². The van der Waals surface area contributed by atoms with Crippen molar-refractivity contribution in [2.24, 2.45) is 5.92 Å². The number of hydrogen-bond acceptors (Lipinski definition) is 5. The lowest BCUT2D eigenvalue weighted by Gasteiger charge is -2.22. The van der Waals surface area contributed by atoms with Crippen LogP contribution in [-0.4, -0.2) is 51.1 Å². The van der Waals surface area contributed by atoms with Crippen LogP contribution < -0.4 is 5.32 Å². The van der Waals surface area contributed by atoms with Crippen molar-refractivity contribution in [1.82, 2.24) is 5.32 Å². The zero-order valence-corrected chi connectivity index (χ0v) is 12.4. The highest BCUT2D eigenvalue weighted by Gasteiger charge is 2.29. The van der Waals surface area contributed by atoms with E-state index in [1.165, 1.54) is 12.8 Å². The van der Waals surface area contributed by atoms with Crippen LogP contribution in [0.15, 0.2) is 0 Å². The second-order valence-electron chi connectivity index (χ2n) is 5.66. The predicted molar refractivity (Wildman–Crippen MR) is 75.6 cm³/mol. The molecule has 1 atom stereocenters. The summed E-state index contributed by atoms with van der Waals surface area (Å²) in [4.78, 5) is 11.8. The maximum Gasteiger partial charge on any atom is 0.323 e. The Morgan fingerprint density at radius 2 is 2.05 bits per heavy atom. The van der Waals surface area contributed by atoms with Crippen molar-refractivity contribution in [3.63, 3.8) is 0 Å². The number of rotatable bonds is 9. The quantitative estimate of drug-likeness (QED) is 0.514. The normalized spacial score (nSPS) is 21.6. The van der Waals surface area contributed by atoms with Crippen LogP contribution in [0.5, 0.6) is 0 Å². The van der Waals surface area contributed by atoms with Gasteiger partial charge >= 0.3 is 5.97 Å². The third-order valence-corrected chi connectivity index (χ3v) is 3.83. The molecule has 1 saturated heterocycles. The van der Waals surface area contributed by atoms with Crippen LogP contribution in [0.25, 0.3) is 0 Å². The molecule has 0 aromatic heterocycles. The van der Waals surface area contributed by atoms with Gasteiger partial charge < -0.3 is 19.5 Å². The van der Waals surface area contributed by atoms with E-state index >= 15 is 0 Å². The van der Waals surface area contributed by atoms with Crippen molar-refractivity contribution in [3.05, 3.63) is 0 Å². The van der Waals surface area contributed by atoms with Gasteiger partial charge in [0.25, 0.3) is 0 Å². The van der Waals surface area contributed by atoms with Crippen molar-refractivity contribution < 1.29 is 19.0 Å². The van der Waals surface area contributed by atoms with Crippen LogP contribution in [0, 0.1) is 5.92 Å². The molecule has 0 bridgehead atoms. The van der Waals surface area contributed by atoms with Crippen molar-refractivity contribution in [2.75, 3.05) is 33.0 Å². The molecule has 1 saturated carbocycles. The van der Waals surface area contributed by atoms with Crippen LogP contribution in [0.2, 0.25) is 0 Å².